The lowest BCUT2D eigenvalue weighted by Gasteiger charge is -2.24. The molecule has 1 aliphatic rings. The third-order valence-corrected chi connectivity index (χ3v) is 4.73. The summed E-state index contributed by atoms with van der Waals surface area (Å²) in [5.74, 6) is 0.772. The number of carbonyl (C=O) groups is 1. The SMILES string of the molecule is CCCCNC(=O)c1ccc(CN=C(NCC)NCC2(C)CCCO2)cc1. The molecule has 3 N–H and O–H groups in total. The van der Waals surface area contributed by atoms with Crippen molar-refractivity contribution in [1.29, 1.82) is 0 Å². The lowest BCUT2D eigenvalue weighted by molar-refractivity contribution is 0.0243. The molecule has 2 rings (SSSR count). The predicted octanol–water partition coefficient (Wildman–Crippen LogP) is 2.84. The van der Waals surface area contributed by atoms with E-state index in [0.717, 1.165) is 63.4 Å². The second-order valence-electron chi connectivity index (χ2n) is 7.26. The second kappa shape index (κ2) is 10.9. The van der Waals surface area contributed by atoms with Gasteiger partial charge >= 0.3 is 0 Å². The number of guanidine groups is 1. The molecule has 0 radical (unpaired) electrons. The highest BCUT2D eigenvalue weighted by molar-refractivity contribution is 5.94. The summed E-state index contributed by atoms with van der Waals surface area (Å²) in [6.45, 7) is 9.98. The average molecular weight is 375 g/mol. The summed E-state index contributed by atoms with van der Waals surface area (Å²) in [6, 6.07) is 7.65. The molecular weight excluding hydrogens is 340 g/mol. The molecule has 1 unspecified atom stereocenters. The Balaban J connectivity index is 1.87. The molecule has 0 bridgehead atoms. The highest BCUT2D eigenvalue weighted by Crippen LogP contribution is 2.23. The zero-order valence-electron chi connectivity index (χ0n) is 16.9. The van der Waals surface area contributed by atoms with E-state index in [1.165, 1.54) is 0 Å². The molecule has 1 amide bonds. The number of nitrogens with zero attached hydrogens (tertiary/aromatic N) is 1. The Morgan fingerprint density at radius 3 is 2.59 bits per heavy atom. The van der Waals surface area contributed by atoms with Gasteiger partial charge in [0.25, 0.3) is 5.91 Å². The lowest BCUT2D eigenvalue weighted by Crippen LogP contribution is -2.45. The Labute approximate surface area is 163 Å². The summed E-state index contributed by atoms with van der Waals surface area (Å²) in [5, 5.41) is 9.59. The van der Waals surface area contributed by atoms with E-state index in [0.29, 0.717) is 12.1 Å². The molecule has 1 heterocycles. The monoisotopic (exact) mass is 374 g/mol. The number of rotatable bonds is 9. The number of unbranched alkanes of at least 4 members (excludes halogenated alkanes) is 1. The van der Waals surface area contributed by atoms with Crippen molar-refractivity contribution in [2.75, 3.05) is 26.2 Å². The summed E-state index contributed by atoms with van der Waals surface area (Å²) < 4.78 is 5.82. The highest BCUT2D eigenvalue weighted by Gasteiger charge is 2.29. The number of hydrogen-bond donors (Lipinski definition) is 3. The molecule has 1 fully saturated rings. The fourth-order valence-electron chi connectivity index (χ4n) is 3.00. The zero-order valence-corrected chi connectivity index (χ0v) is 16.9. The van der Waals surface area contributed by atoms with Crippen LogP contribution in [0.15, 0.2) is 29.3 Å². The summed E-state index contributed by atoms with van der Waals surface area (Å²) in [4.78, 5) is 16.7. The van der Waals surface area contributed by atoms with Gasteiger partial charge in [0.1, 0.15) is 0 Å². The molecule has 0 spiro atoms. The number of benzene rings is 1. The molecular formula is C21H34N4O2. The van der Waals surface area contributed by atoms with Crippen molar-refractivity contribution in [1.82, 2.24) is 16.0 Å². The van der Waals surface area contributed by atoms with E-state index in [4.69, 9.17) is 4.74 Å². The van der Waals surface area contributed by atoms with E-state index in [9.17, 15) is 4.79 Å². The fraction of sp³-hybridized carbons (Fsp3) is 0.619. The number of aliphatic imine (C=N–C) groups is 1. The van der Waals surface area contributed by atoms with Gasteiger partial charge in [-0.15, -0.1) is 0 Å². The van der Waals surface area contributed by atoms with Crippen LogP contribution in [-0.4, -0.2) is 43.7 Å². The number of amides is 1. The summed E-state index contributed by atoms with van der Waals surface area (Å²) in [6.07, 6.45) is 4.26. The van der Waals surface area contributed by atoms with Gasteiger partial charge in [0.15, 0.2) is 5.96 Å². The van der Waals surface area contributed by atoms with Crippen LogP contribution in [0, 0.1) is 0 Å². The third-order valence-electron chi connectivity index (χ3n) is 4.73. The Kier molecular flexibility index (Phi) is 8.58. The number of ether oxygens (including phenoxy) is 1. The molecule has 1 aromatic carbocycles. The largest absolute Gasteiger partial charge is 0.373 e. The molecule has 1 atom stereocenters. The zero-order chi connectivity index (χ0) is 19.5. The first-order valence-corrected chi connectivity index (χ1v) is 10.1. The van der Waals surface area contributed by atoms with Gasteiger partial charge in [-0.25, -0.2) is 4.99 Å². The summed E-state index contributed by atoms with van der Waals surface area (Å²) >= 11 is 0. The maximum Gasteiger partial charge on any atom is 0.251 e. The average Bonchev–Trinajstić information content (AvgIpc) is 3.11. The standard InChI is InChI=1S/C21H34N4O2/c1-4-6-13-23-19(26)18-10-8-17(9-11-18)15-24-20(22-5-2)25-16-21(3)12-7-14-27-21/h8-11H,4-7,12-16H2,1-3H3,(H,23,26)(H2,22,24,25). The van der Waals surface area contributed by atoms with Crippen LogP contribution < -0.4 is 16.0 Å². The van der Waals surface area contributed by atoms with E-state index in [-0.39, 0.29) is 11.5 Å². The molecule has 150 valence electrons. The number of carbonyl (C=O) groups excluding carboxylic acids is 1. The molecule has 1 saturated heterocycles. The van der Waals surface area contributed by atoms with Crippen LogP contribution in [-0.2, 0) is 11.3 Å². The maximum absolute atomic E-state index is 12.1. The highest BCUT2D eigenvalue weighted by atomic mass is 16.5. The second-order valence-corrected chi connectivity index (χ2v) is 7.26. The van der Waals surface area contributed by atoms with Crippen molar-refractivity contribution < 1.29 is 9.53 Å². The number of nitrogens with one attached hydrogen (secondary N) is 3. The molecule has 0 aromatic heterocycles. The first-order valence-electron chi connectivity index (χ1n) is 10.1. The minimum Gasteiger partial charge on any atom is -0.373 e. The van der Waals surface area contributed by atoms with Crippen molar-refractivity contribution in [2.24, 2.45) is 4.99 Å². The number of hydrogen-bond acceptors (Lipinski definition) is 3. The van der Waals surface area contributed by atoms with Crippen molar-refractivity contribution in [3.8, 4) is 0 Å². The van der Waals surface area contributed by atoms with Gasteiger partial charge < -0.3 is 20.7 Å². The predicted molar refractivity (Wildman–Crippen MR) is 110 cm³/mol. The van der Waals surface area contributed by atoms with Gasteiger partial charge in [0.2, 0.25) is 0 Å². The quantitative estimate of drug-likeness (QED) is 0.353. The van der Waals surface area contributed by atoms with Crippen molar-refractivity contribution in [2.45, 2.75) is 58.6 Å². The minimum absolute atomic E-state index is 0.0154. The van der Waals surface area contributed by atoms with Crippen LogP contribution in [0.25, 0.3) is 0 Å². The first-order chi connectivity index (χ1) is 13.1. The van der Waals surface area contributed by atoms with E-state index < -0.39 is 0 Å². The van der Waals surface area contributed by atoms with Gasteiger partial charge in [0.05, 0.1) is 12.1 Å². The fourth-order valence-corrected chi connectivity index (χ4v) is 3.00. The van der Waals surface area contributed by atoms with Crippen LogP contribution >= 0.6 is 0 Å². The Bertz CT molecular complexity index is 607. The maximum atomic E-state index is 12.1. The van der Waals surface area contributed by atoms with Gasteiger partial charge in [-0.05, 0) is 50.8 Å². The topological polar surface area (TPSA) is 74.8 Å². The van der Waals surface area contributed by atoms with E-state index in [2.05, 4.69) is 41.7 Å². The van der Waals surface area contributed by atoms with E-state index in [1.807, 2.05) is 24.3 Å². The molecule has 27 heavy (non-hydrogen) atoms. The van der Waals surface area contributed by atoms with Gasteiger partial charge in [-0.3, -0.25) is 4.79 Å². The summed E-state index contributed by atoms with van der Waals surface area (Å²) in [5.41, 5.74) is 1.65. The molecule has 0 aliphatic carbocycles. The van der Waals surface area contributed by atoms with Crippen molar-refractivity contribution in [3.05, 3.63) is 35.4 Å². The minimum atomic E-state index is -0.108. The van der Waals surface area contributed by atoms with Gasteiger partial charge in [-0.2, -0.15) is 0 Å². The lowest BCUT2D eigenvalue weighted by atomic mass is 10.0. The molecule has 0 saturated carbocycles. The first kappa shape index (κ1) is 21.2. The van der Waals surface area contributed by atoms with Crippen molar-refractivity contribution >= 4 is 11.9 Å². The Hall–Kier alpha value is -2.08. The normalized spacial score (nSPS) is 19.7. The molecule has 1 aliphatic heterocycles. The van der Waals surface area contributed by atoms with Crippen LogP contribution in [0.3, 0.4) is 0 Å². The van der Waals surface area contributed by atoms with Gasteiger partial charge in [0, 0.05) is 31.8 Å². The molecule has 6 heteroatoms. The summed E-state index contributed by atoms with van der Waals surface area (Å²) in [7, 11) is 0. The Morgan fingerprint density at radius 2 is 1.96 bits per heavy atom. The molecule has 1 aromatic rings. The van der Waals surface area contributed by atoms with Crippen molar-refractivity contribution in [3.63, 3.8) is 0 Å². The van der Waals surface area contributed by atoms with E-state index in [1.54, 1.807) is 0 Å². The van der Waals surface area contributed by atoms with Crippen LogP contribution in [0.1, 0.15) is 62.4 Å². The third kappa shape index (κ3) is 7.21. The Morgan fingerprint density at radius 1 is 1.19 bits per heavy atom. The van der Waals surface area contributed by atoms with Crippen LogP contribution in [0.5, 0.6) is 0 Å². The van der Waals surface area contributed by atoms with Gasteiger partial charge in [-0.1, -0.05) is 25.5 Å². The smallest absolute Gasteiger partial charge is 0.251 e. The van der Waals surface area contributed by atoms with E-state index >= 15 is 0 Å². The molecule has 6 nitrogen and oxygen atoms in total. The van der Waals surface area contributed by atoms with Crippen LogP contribution in [0.2, 0.25) is 0 Å². The van der Waals surface area contributed by atoms with Crippen LogP contribution in [0.4, 0.5) is 0 Å².